The van der Waals surface area contributed by atoms with Crippen LogP contribution in [0.3, 0.4) is 0 Å². The predicted octanol–water partition coefficient (Wildman–Crippen LogP) is 4.25. The Balaban J connectivity index is 1.71. The minimum absolute atomic E-state index is 0.0435. The Bertz CT molecular complexity index is 1060. The number of ether oxygens (including phenoxy) is 2. The molecule has 178 valence electrons. The molecule has 0 fully saturated rings. The molecule has 3 rings (SSSR count). The van der Waals surface area contributed by atoms with Crippen molar-refractivity contribution in [3.05, 3.63) is 57.6 Å². The van der Waals surface area contributed by atoms with Gasteiger partial charge in [-0.15, -0.1) is 0 Å². The first-order valence-electron chi connectivity index (χ1n) is 10.3. The van der Waals surface area contributed by atoms with Crippen molar-refractivity contribution < 1.29 is 33.0 Å². The number of nitrogens with zero attached hydrogens (tertiary/aromatic N) is 1. The molecule has 1 aliphatic heterocycles. The van der Waals surface area contributed by atoms with E-state index in [9.17, 15) is 23.5 Å². The van der Waals surface area contributed by atoms with E-state index in [2.05, 4.69) is 21.2 Å². The van der Waals surface area contributed by atoms with Crippen LogP contribution in [0, 0.1) is 11.6 Å². The summed E-state index contributed by atoms with van der Waals surface area (Å²) in [5, 5.41) is 12.5. The van der Waals surface area contributed by atoms with Gasteiger partial charge in [0.1, 0.15) is 23.0 Å². The van der Waals surface area contributed by atoms with E-state index in [1.165, 1.54) is 17.0 Å². The maximum atomic E-state index is 14.2. The monoisotopic (exact) mass is 526 g/mol. The summed E-state index contributed by atoms with van der Waals surface area (Å²) < 4.78 is 39.0. The summed E-state index contributed by atoms with van der Waals surface area (Å²) in [5.74, 6) is -1.74. The summed E-state index contributed by atoms with van der Waals surface area (Å²) in [4.78, 5) is 26.1. The molecule has 0 aliphatic carbocycles. The van der Waals surface area contributed by atoms with Gasteiger partial charge in [-0.1, -0.05) is 0 Å². The fraction of sp³-hybridized carbons (Fsp3) is 0.391. The lowest BCUT2D eigenvalue weighted by atomic mass is 10.1. The Labute approximate surface area is 198 Å². The summed E-state index contributed by atoms with van der Waals surface area (Å²) in [6.07, 6.45) is 0.550. The molecule has 0 spiro atoms. The van der Waals surface area contributed by atoms with Gasteiger partial charge in [0.15, 0.2) is 6.61 Å². The topological polar surface area (TPSA) is 88.1 Å². The zero-order valence-electron chi connectivity index (χ0n) is 18.5. The van der Waals surface area contributed by atoms with Crippen LogP contribution in [0.15, 0.2) is 34.8 Å². The van der Waals surface area contributed by atoms with E-state index in [1.807, 2.05) is 0 Å². The number of urea groups is 1. The lowest BCUT2D eigenvalue weighted by molar-refractivity contribution is -0.157. The molecule has 0 aromatic heterocycles. The number of esters is 1. The van der Waals surface area contributed by atoms with Crippen LogP contribution in [-0.2, 0) is 16.0 Å². The van der Waals surface area contributed by atoms with E-state index in [-0.39, 0.29) is 11.3 Å². The summed E-state index contributed by atoms with van der Waals surface area (Å²) in [5.41, 5.74) is 0.798. The van der Waals surface area contributed by atoms with Gasteiger partial charge in [0.2, 0.25) is 0 Å². The second-order valence-electron chi connectivity index (χ2n) is 8.58. The van der Waals surface area contributed by atoms with Crippen LogP contribution in [0.2, 0.25) is 0 Å². The highest BCUT2D eigenvalue weighted by Crippen LogP contribution is 2.33. The maximum Gasteiger partial charge on any atom is 0.344 e. The van der Waals surface area contributed by atoms with Crippen LogP contribution < -0.4 is 15.0 Å². The van der Waals surface area contributed by atoms with Gasteiger partial charge in [0.25, 0.3) is 0 Å². The number of halogens is 3. The van der Waals surface area contributed by atoms with Crippen LogP contribution in [0.1, 0.15) is 37.9 Å². The number of benzene rings is 2. The number of anilines is 1. The zero-order chi connectivity index (χ0) is 24.3. The number of fused-ring (bicyclic) bond motifs is 1. The molecular formula is C23H25BrF2N2O5. The number of hydrogen-bond donors (Lipinski definition) is 2. The van der Waals surface area contributed by atoms with Gasteiger partial charge in [-0.25, -0.2) is 18.4 Å². The second kappa shape index (κ2) is 10.0. The molecule has 2 aromatic carbocycles. The smallest absolute Gasteiger partial charge is 0.344 e. The Morgan fingerprint density at radius 3 is 2.61 bits per heavy atom. The molecule has 0 saturated carbocycles. The Hall–Kier alpha value is -2.72. The van der Waals surface area contributed by atoms with Crippen molar-refractivity contribution in [2.75, 3.05) is 24.7 Å². The molecule has 0 unspecified atom stereocenters. The SMILES string of the molecule is CC(C)(C)OC(=O)COc1cc(F)cc([C@@H](CO)NC(=O)N2CCc3cc(Br)c(F)cc32)c1. The first-order valence-corrected chi connectivity index (χ1v) is 11.1. The summed E-state index contributed by atoms with van der Waals surface area (Å²) in [7, 11) is 0. The molecule has 1 heterocycles. The third kappa shape index (κ3) is 6.42. The molecule has 33 heavy (non-hydrogen) atoms. The van der Waals surface area contributed by atoms with E-state index in [0.29, 0.717) is 23.1 Å². The average Bonchev–Trinajstić information content (AvgIpc) is 3.11. The normalized spacial score (nSPS) is 14.0. The number of rotatable bonds is 6. The number of aliphatic hydroxyl groups is 1. The highest BCUT2D eigenvalue weighted by Gasteiger charge is 2.28. The van der Waals surface area contributed by atoms with E-state index in [0.717, 1.165) is 17.7 Å². The minimum Gasteiger partial charge on any atom is -0.482 e. The summed E-state index contributed by atoms with van der Waals surface area (Å²) >= 11 is 3.13. The third-order valence-corrected chi connectivity index (χ3v) is 5.42. The van der Waals surface area contributed by atoms with Crippen molar-refractivity contribution in [3.63, 3.8) is 0 Å². The van der Waals surface area contributed by atoms with Crippen LogP contribution in [-0.4, -0.2) is 42.5 Å². The number of carbonyl (C=O) groups excluding carboxylic acids is 2. The number of amides is 2. The van der Waals surface area contributed by atoms with Gasteiger partial charge in [-0.2, -0.15) is 0 Å². The molecule has 10 heteroatoms. The predicted molar refractivity (Wildman–Crippen MR) is 121 cm³/mol. The lowest BCUT2D eigenvalue weighted by Gasteiger charge is -2.23. The average molecular weight is 527 g/mol. The minimum atomic E-state index is -0.957. The van der Waals surface area contributed by atoms with Gasteiger partial charge in [0, 0.05) is 12.6 Å². The highest BCUT2D eigenvalue weighted by molar-refractivity contribution is 9.10. The first-order chi connectivity index (χ1) is 15.5. The zero-order valence-corrected chi connectivity index (χ0v) is 20.0. The van der Waals surface area contributed by atoms with Crippen molar-refractivity contribution >= 4 is 33.6 Å². The van der Waals surface area contributed by atoms with Crippen molar-refractivity contribution in [2.45, 2.75) is 38.8 Å². The number of carbonyl (C=O) groups is 2. The second-order valence-corrected chi connectivity index (χ2v) is 9.43. The standard InChI is InChI=1S/C23H25BrF2N2O5/c1-23(2,3)33-21(30)12-32-16-7-14(6-15(25)9-16)19(11-29)27-22(31)28-5-4-13-8-17(24)18(26)10-20(13)28/h6-10,19,29H,4-5,11-12H2,1-3H3,(H,27,31)/t19-/m1/s1. The summed E-state index contributed by atoms with van der Waals surface area (Å²) in [6.45, 7) is 4.53. The maximum absolute atomic E-state index is 14.2. The number of nitrogens with one attached hydrogen (secondary N) is 1. The lowest BCUT2D eigenvalue weighted by Crippen LogP contribution is -2.42. The highest BCUT2D eigenvalue weighted by atomic mass is 79.9. The van der Waals surface area contributed by atoms with Crippen LogP contribution >= 0.6 is 15.9 Å². The van der Waals surface area contributed by atoms with Gasteiger partial charge >= 0.3 is 12.0 Å². The number of hydrogen-bond acceptors (Lipinski definition) is 5. The summed E-state index contributed by atoms with van der Waals surface area (Å²) in [6, 6.07) is 5.03. The number of aliphatic hydroxyl groups excluding tert-OH is 1. The first kappa shape index (κ1) is 24.9. The van der Waals surface area contributed by atoms with Gasteiger partial charge in [-0.05, 0) is 78.5 Å². The van der Waals surface area contributed by atoms with Crippen molar-refractivity contribution in [1.29, 1.82) is 0 Å². The van der Waals surface area contributed by atoms with E-state index in [4.69, 9.17) is 9.47 Å². The Kier molecular flexibility index (Phi) is 7.58. The van der Waals surface area contributed by atoms with E-state index >= 15 is 0 Å². The molecule has 2 amide bonds. The quantitative estimate of drug-likeness (QED) is 0.549. The molecule has 0 bridgehead atoms. The van der Waals surface area contributed by atoms with Crippen LogP contribution in [0.4, 0.5) is 19.3 Å². The van der Waals surface area contributed by atoms with Crippen molar-refractivity contribution in [2.24, 2.45) is 0 Å². The molecule has 1 atom stereocenters. The van der Waals surface area contributed by atoms with E-state index < -0.39 is 48.5 Å². The van der Waals surface area contributed by atoms with E-state index in [1.54, 1.807) is 26.8 Å². The van der Waals surface area contributed by atoms with Gasteiger partial charge in [0.05, 0.1) is 22.8 Å². The van der Waals surface area contributed by atoms with Crippen molar-refractivity contribution in [3.8, 4) is 5.75 Å². The van der Waals surface area contributed by atoms with Gasteiger partial charge < -0.3 is 19.9 Å². The Morgan fingerprint density at radius 1 is 1.21 bits per heavy atom. The molecule has 2 aromatic rings. The molecule has 7 nitrogen and oxygen atoms in total. The van der Waals surface area contributed by atoms with Crippen LogP contribution in [0.25, 0.3) is 0 Å². The Morgan fingerprint density at radius 2 is 1.94 bits per heavy atom. The fourth-order valence-corrected chi connectivity index (χ4v) is 3.83. The fourth-order valence-electron chi connectivity index (χ4n) is 3.44. The molecule has 0 saturated heterocycles. The third-order valence-electron chi connectivity index (χ3n) is 4.82. The van der Waals surface area contributed by atoms with Crippen LogP contribution in [0.5, 0.6) is 5.75 Å². The molecule has 2 N–H and O–H groups in total. The largest absolute Gasteiger partial charge is 0.482 e. The van der Waals surface area contributed by atoms with Crippen molar-refractivity contribution in [1.82, 2.24) is 5.32 Å². The molecule has 0 radical (unpaired) electrons. The molecular weight excluding hydrogens is 502 g/mol. The van der Waals surface area contributed by atoms with Gasteiger partial charge in [-0.3, -0.25) is 4.90 Å². The molecule has 1 aliphatic rings.